The molecule has 0 aromatic carbocycles. The van der Waals surface area contributed by atoms with Crippen LogP contribution in [0.25, 0.3) is 0 Å². The number of piperidine rings is 1. The summed E-state index contributed by atoms with van der Waals surface area (Å²) in [7, 11) is 2.04. The Labute approximate surface area is 97.1 Å². The number of hydrogen-bond donors (Lipinski definition) is 1. The normalized spacial score (nSPS) is 24.2. The van der Waals surface area contributed by atoms with Crippen LogP contribution in [0.4, 0.5) is 0 Å². The molecule has 2 rings (SSSR count). The molecule has 1 fully saturated rings. The van der Waals surface area contributed by atoms with E-state index < -0.39 is 0 Å². The van der Waals surface area contributed by atoms with Gasteiger partial charge in [-0.3, -0.25) is 14.9 Å². The molecule has 0 aliphatic carbocycles. The van der Waals surface area contributed by atoms with Gasteiger partial charge in [0.2, 0.25) is 0 Å². The third-order valence-corrected chi connectivity index (χ3v) is 3.42. The molecule has 1 saturated heterocycles. The monoisotopic (exact) mass is 220 g/mol. The fourth-order valence-corrected chi connectivity index (χ4v) is 2.31. The zero-order valence-electron chi connectivity index (χ0n) is 10.1. The zero-order valence-corrected chi connectivity index (χ0v) is 10.1. The van der Waals surface area contributed by atoms with Gasteiger partial charge in [0.05, 0.1) is 11.7 Å². The second kappa shape index (κ2) is 5.37. The first-order chi connectivity index (χ1) is 7.81. The van der Waals surface area contributed by atoms with Crippen molar-refractivity contribution >= 4 is 0 Å². The molecule has 4 nitrogen and oxygen atoms in total. The maximum Gasteiger partial charge on any atom is 0.0755 e. The average molecular weight is 220 g/mol. The molecule has 0 amide bonds. The molecule has 1 aliphatic rings. The SMILES string of the molecule is CN[C@@H]1CCCN([C@H](C)c2cnccn2)C1. The van der Waals surface area contributed by atoms with Crippen molar-refractivity contribution in [2.45, 2.75) is 31.8 Å². The van der Waals surface area contributed by atoms with Gasteiger partial charge in [-0.05, 0) is 33.4 Å². The molecule has 16 heavy (non-hydrogen) atoms. The maximum atomic E-state index is 4.38. The van der Waals surface area contributed by atoms with E-state index in [4.69, 9.17) is 0 Å². The number of nitrogens with zero attached hydrogens (tertiary/aromatic N) is 3. The van der Waals surface area contributed by atoms with Gasteiger partial charge in [-0.1, -0.05) is 0 Å². The molecule has 0 spiro atoms. The minimum atomic E-state index is 0.366. The second-order valence-corrected chi connectivity index (χ2v) is 4.43. The van der Waals surface area contributed by atoms with Crippen LogP contribution in [0.3, 0.4) is 0 Å². The minimum Gasteiger partial charge on any atom is -0.316 e. The van der Waals surface area contributed by atoms with Crippen molar-refractivity contribution in [3.63, 3.8) is 0 Å². The van der Waals surface area contributed by atoms with Crippen LogP contribution in [0.2, 0.25) is 0 Å². The Morgan fingerprint density at radius 3 is 3.06 bits per heavy atom. The molecule has 88 valence electrons. The van der Waals surface area contributed by atoms with E-state index in [1.807, 2.05) is 13.2 Å². The Bertz CT molecular complexity index is 314. The van der Waals surface area contributed by atoms with Crippen LogP contribution in [-0.4, -0.2) is 41.0 Å². The van der Waals surface area contributed by atoms with Crippen molar-refractivity contribution in [1.29, 1.82) is 0 Å². The van der Waals surface area contributed by atoms with Crippen molar-refractivity contribution < 1.29 is 0 Å². The summed E-state index contributed by atoms with van der Waals surface area (Å²) in [6.45, 7) is 4.48. The highest BCUT2D eigenvalue weighted by molar-refractivity contribution is 5.02. The molecular formula is C12H20N4. The van der Waals surface area contributed by atoms with E-state index in [9.17, 15) is 0 Å². The first-order valence-electron chi connectivity index (χ1n) is 5.98. The molecule has 4 heteroatoms. The summed E-state index contributed by atoms with van der Waals surface area (Å²) in [5, 5.41) is 3.36. The van der Waals surface area contributed by atoms with Gasteiger partial charge in [-0.25, -0.2) is 0 Å². The molecule has 2 heterocycles. The van der Waals surface area contributed by atoms with E-state index in [0.29, 0.717) is 12.1 Å². The Hall–Kier alpha value is -1.00. The first-order valence-corrected chi connectivity index (χ1v) is 5.98. The van der Waals surface area contributed by atoms with Gasteiger partial charge < -0.3 is 5.32 Å². The molecule has 2 atom stereocenters. The molecule has 1 aromatic heterocycles. The van der Waals surface area contributed by atoms with Crippen molar-refractivity contribution in [2.75, 3.05) is 20.1 Å². The third kappa shape index (κ3) is 2.57. The second-order valence-electron chi connectivity index (χ2n) is 4.43. The van der Waals surface area contributed by atoms with Gasteiger partial charge in [0.15, 0.2) is 0 Å². The van der Waals surface area contributed by atoms with E-state index in [0.717, 1.165) is 18.8 Å². The topological polar surface area (TPSA) is 41.0 Å². The summed E-state index contributed by atoms with van der Waals surface area (Å²) >= 11 is 0. The Balaban J connectivity index is 2.01. The number of likely N-dealkylation sites (N-methyl/N-ethyl adjacent to an activating group) is 1. The van der Waals surface area contributed by atoms with E-state index in [1.54, 1.807) is 12.4 Å². The molecule has 1 aliphatic heterocycles. The first kappa shape index (κ1) is 11.5. The highest BCUT2D eigenvalue weighted by Gasteiger charge is 2.23. The number of aromatic nitrogens is 2. The van der Waals surface area contributed by atoms with Crippen LogP contribution in [0, 0.1) is 0 Å². The summed E-state index contributed by atoms with van der Waals surface area (Å²) < 4.78 is 0. The maximum absolute atomic E-state index is 4.38. The molecule has 1 aromatic rings. The summed E-state index contributed by atoms with van der Waals surface area (Å²) in [6, 6.07) is 0.984. The lowest BCUT2D eigenvalue weighted by Gasteiger charge is -2.36. The van der Waals surface area contributed by atoms with Crippen molar-refractivity contribution in [3.8, 4) is 0 Å². The number of likely N-dealkylation sites (tertiary alicyclic amines) is 1. The van der Waals surface area contributed by atoms with E-state index in [1.165, 1.54) is 12.8 Å². The number of rotatable bonds is 3. The van der Waals surface area contributed by atoms with Crippen molar-refractivity contribution in [1.82, 2.24) is 20.2 Å². The van der Waals surface area contributed by atoms with Crippen LogP contribution in [0.15, 0.2) is 18.6 Å². The number of hydrogen-bond acceptors (Lipinski definition) is 4. The minimum absolute atomic E-state index is 0.366. The summed E-state index contributed by atoms with van der Waals surface area (Å²) in [5.74, 6) is 0. The molecule has 0 unspecified atom stereocenters. The van der Waals surface area contributed by atoms with Crippen LogP contribution in [-0.2, 0) is 0 Å². The fourth-order valence-electron chi connectivity index (χ4n) is 2.31. The fraction of sp³-hybridized carbons (Fsp3) is 0.667. The highest BCUT2D eigenvalue weighted by atomic mass is 15.2. The lowest BCUT2D eigenvalue weighted by Crippen LogP contribution is -2.45. The molecular weight excluding hydrogens is 200 g/mol. The lowest BCUT2D eigenvalue weighted by molar-refractivity contribution is 0.146. The summed E-state index contributed by atoms with van der Waals surface area (Å²) in [5.41, 5.74) is 1.07. The quantitative estimate of drug-likeness (QED) is 0.831. The van der Waals surface area contributed by atoms with E-state index >= 15 is 0 Å². The van der Waals surface area contributed by atoms with Crippen LogP contribution >= 0.6 is 0 Å². The Kier molecular flexibility index (Phi) is 3.85. The Morgan fingerprint density at radius 2 is 2.38 bits per heavy atom. The van der Waals surface area contributed by atoms with Crippen LogP contribution in [0.5, 0.6) is 0 Å². The number of nitrogens with one attached hydrogen (secondary N) is 1. The average Bonchev–Trinajstić information content (AvgIpc) is 2.39. The molecule has 0 saturated carbocycles. The van der Waals surface area contributed by atoms with Crippen LogP contribution < -0.4 is 5.32 Å². The highest BCUT2D eigenvalue weighted by Crippen LogP contribution is 2.21. The van der Waals surface area contributed by atoms with Gasteiger partial charge in [0, 0.05) is 31.2 Å². The van der Waals surface area contributed by atoms with Crippen LogP contribution in [0.1, 0.15) is 31.5 Å². The van der Waals surface area contributed by atoms with Gasteiger partial charge in [0.1, 0.15) is 0 Å². The predicted molar refractivity (Wildman–Crippen MR) is 64.1 cm³/mol. The third-order valence-electron chi connectivity index (χ3n) is 3.42. The summed E-state index contributed by atoms with van der Waals surface area (Å²) in [6.07, 6.45) is 7.90. The predicted octanol–water partition coefficient (Wildman–Crippen LogP) is 1.22. The smallest absolute Gasteiger partial charge is 0.0755 e. The molecule has 0 radical (unpaired) electrons. The van der Waals surface area contributed by atoms with Crippen molar-refractivity contribution in [3.05, 3.63) is 24.3 Å². The van der Waals surface area contributed by atoms with Gasteiger partial charge in [-0.2, -0.15) is 0 Å². The van der Waals surface area contributed by atoms with Gasteiger partial charge in [-0.15, -0.1) is 0 Å². The van der Waals surface area contributed by atoms with Gasteiger partial charge >= 0.3 is 0 Å². The van der Waals surface area contributed by atoms with E-state index in [-0.39, 0.29) is 0 Å². The summed E-state index contributed by atoms with van der Waals surface area (Å²) in [4.78, 5) is 11.0. The standard InChI is InChI=1S/C12H20N4/c1-10(12-8-14-5-6-15-12)16-7-3-4-11(9-16)13-2/h5-6,8,10-11,13H,3-4,7,9H2,1-2H3/t10-,11-/m1/s1. The van der Waals surface area contributed by atoms with Gasteiger partial charge in [0.25, 0.3) is 0 Å². The molecule has 1 N–H and O–H groups in total. The Morgan fingerprint density at radius 1 is 1.50 bits per heavy atom. The largest absolute Gasteiger partial charge is 0.316 e. The van der Waals surface area contributed by atoms with Crippen molar-refractivity contribution in [2.24, 2.45) is 0 Å². The lowest BCUT2D eigenvalue weighted by atomic mass is 10.0. The molecule has 0 bridgehead atoms. The zero-order chi connectivity index (χ0) is 11.4. The van der Waals surface area contributed by atoms with E-state index in [2.05, 4.69) is 27.1 Å².